The van der Waals surface area contributed by atoms with Gasteiger partial charge in [0.25, 0.3) is 0 Å². The standard InChI is InChI=1S/C23H31N5O2/c1-3-24-23(27-16-19-7-5-6-8-21(19)30-4-2)26-15-18-9-11-20(12-10-18)28-14-13-25-22(29)17-28/h5-12H,3-4,13-17H2,1-2H3,(H,25,29)(H2,24,26,27). The van der Waals surface area contributed by atoms with Crippen LogP contribution in [0.25, 0.3) is 0 Å². The average molecular weight is 410 g/mol. The SMILES string of the molecule is CCNC(=NCc1ccc(N2CCNC(=O)C2)cc1)NCc1ccccc1OCC. The summed E-state index contributed by atoms with van der Waals surface area (Å²) in [6.45, 7) is 8.61. The zero-order valence-electron chi connectivity index (χ0n) is 17.8. The zero-order chi connectivity index (χ0) is 21.2. The molecule has 0 bridgehead atoms. The number of rotatable bonds is 8. The normalized spacial score (nSPS) is 14.3. The molecule has 0 aliphatic carbocycles. The van der Waals surface area contributed by atoms with Gasteiger partial charge in [-0.05, 0) is 37.6 Å². The van der Waals surface area contributed by atoms with E-state index in [1.807, 2.05) is 25.1 Å². The summed E-state index contributed by atoms with van der Waals surface area (Å²) in [6.07, 6.45) is 0. The predicted molar refractivity (Wildman–Crippen MR) is 121 cm³/mol. The van der Waals surface area contributed by atoms with E-state index in [-0.39, 0.29) is 5.91 Å². The van der Waals surface area contributed by atoms with Crippen molar-refractivity contribution < 1.29 is 9.53 Å². The first-order chi connectivity index (χ1) is 14.7. The molecule has 1 heterocycles. The third-order valence-corrected chi connectivity index (χ3v) is 4.82. The highest BCUT2D eigenvalue weighted by Crippen LogP contribution is 2.18. The van der Waals surface area contributed by atoms with Crippen molar-refractivity contribution in [2.24, 2.45) is 4.99 Å². The van der Waals surface area contributed by atoms with E-state index in [1.54, 1.807) is 0 Å². The number of nitrogens with zero attached hydrogens (tertiary/aromatic N) is 2. The number of anilines is 1. The summed E-state index contributed by atoms with van der Waals surface area (Å²) < 4.78 is 5.70. The van der Waals surface area contributed by atoms with Gasteiger partial charge in [0.15, 0.2) is 5.96 Å². The average Bonchev–Trinajstić information content (AvgIpc) is 2.77. The van der Waals surface area contributed by atoms with Crippen LogP contribution in [0.2, 0.25) is 0 Å². The van der Waals surface area contributed by atoms with Crippen molar-refractivity contribution in [3.8, 4) is 5.75 Å². The Morgan fingerprint density at radius 2 is 1.93 bits per heavy atom. The van der Waals surface area contributed by atoms with Gasteiger partial charge >= 0.3 is 0 Å². The van der Waals surface area contributed by atoms with Gasteiger partial charge in [0.2, 0.25) is 5.91 Å². The molecule has 1 fully saturated rings. The minimum Gasteiger partial charge on any atom is -0.494 e. The highest BCUT2D eigenvalue weighted by molar-refractivity contribution is 5.82. The number of ether oxygens (including phenoxy) is 1. The van der Waals surface area contributed by atoms with Crippen molar-refractivity contribution in [3.63, 3.8) is 0 Å². The number of aliphatic imine (C=N–C) groups is 1. The number of hydrogen-bond donors (Lipinski definition) is 3. The number of benzene rings is 2. The number of nitrogens with one attached hydrogen (secondary N) is 3. The lowest BCUT2D eigenvalue weighted by Crippen LogP contribution is -2.47. The molecule has 0 radical (unpaired) electrons. The predicted octanol–water partition coefficient (Wildman–Crippen LogP) is 2.28. The molecule has 0 aromatic heterocycles. The maximum Gasteiger partial charge on any atom is 0.239 e. The van der Waals surface area contributed by atoms with Crippen LogP contribution < -0.4 is 25.6 Å². The molecule has 2 aromatic carbocycles. The lowest BCUT2D eigenvalue weighted by molar-refractivity contribution is -0.120. The van der Waals surface area contributed by atoms with Crippen molar-refractivity contribution in [2.45, 2.75) is 26.9 Å². The number of guanidine groups is 1. The Bertz CT molecular complexity index is 851. The topological polar surface area (TPSA) is 78.0 Å². The molecular weight excluding hydrogens is 378 g/mol. The number of carbonyl (C=O) groups excluding carboxylic acids is 1. The Morgan fingerprint density at radius 1 is 1.13 bits per heavy atom. The Hall–Kier alpha value is -3.22. The molecule has 1 amide bonds. The Morgan fingerprint density at radius 3 is 2.67 bits per heavy atom. The molecule has 0 saturated carbocycles. The lowest BCUT2D eigenvalue weighted by Gasteiger charge is -2.28. The fourth-order valence-electron chi connectivity index (χ4n) is 3.31. The first kappa shape index (κ1) is 21.5. The summed E-state index contributed by atoms with van der Waals surface area (Å²) in [5.41, 5.74) is 3.28. The lowest BCUT2D eigenvalue weighted by atomic mass is 10.2. The third-order valence-electron chi connectivity index (χ3n) is 4.82. The number of para-hydroxylation sites is 1. The van der Waals surface area contributed by atoms with Gasteiger partial charge in [0.1, 0.15) is 5.75 Å². The molecule has 0 spiro atoms. The largest absolute Gasteiger partial charge is 0.494 e. The first-order valence-corrected chi connectivity index (χ1v) is 10.5. The zero-order valence-corrected chi connectivity index (χ0v) is 17.8. The Kier molecular flexibility index (Phi) is 7.94. The van der Waals surface area contributed by atoms with E-state index in [0.717, 1.165) is 41.6 Å². The number of carbonyl (C=O) groups is 1. The number of hydrogen-bond acceptors (Lipinski definition) is 4. The van der Waals surface area contributed by atoms with E-state index >= 15 is 0 Å². The molecule has 7 nitrogen and oxygen atoms in total. The van der Waals surface area contributed by atoms with Crippen molar-refractivity contribution in [2.75, 3.05) is 37.7 Å². The van der Waals surface area contributed by atoms with Gasteiger partial charge in [-0.25, -0.2) is 4.99 Å². The quantitative estimate of drug-likeness (QED) is 0.461. The first-order valence-electron chi connectivity index (χ1n) is 10.5. The van der Waals surface area contributed by atoms with Gasteiger partial charge < -0.3 is 25.6 Å². The van der Waals surface area contributed by atoms with E-state index in [1.165, 1.54) is 0 Å². The van der Waals surface area contributed by atoms with Gasteiger partial charge in [-0.3, -0.25) is 4.79 Å². The van der Waals surface area contributed by atoms with Crippen LogP contribution in [0.1, 0.15) is 25.0 Å². The van der Waals surface area contributed by atoms with Crippen molar-refractivity contribution in [1.82, 2.24) is 16.0 Å². The van der Waals surface area contributed by atoms with E-state index in [0.29, 0.717) is 32.8 Å². The van der Waals surface area contributed by atoms with E-state index in [2.05, 4.69) is 58.1 Å². The molecule has 0 unspecified atom stereocenters. The molecule has 1 saturated heterocycles. The Balaban J connectivity index is 1.60. The van der Waals surface area contributed by atoms with E-state index < -0.39 is 0 Å². The second-order valence-corrected chi connectivity index (χ2v) is 7.03. The smallest absolute Gasteiger partial charge is 0.239 e. The van der Waals surface area contributed by atoms with Gasteiger partial charge in [-0.1, -0.05) is 30.3 Å². The molecule has 160 valence electrons. The molecule has 7 heteroatoms. The summed E-state index contributed by atoms with van der Waals surface area (Å²) >= 11 is 0. The minimum absolute atomic E-state index is 0.0715. The highest BCUT2D eigenvalue weighted by Gasteiger charge is 2.16. The molecule has 1 aliphatic heterocycles. The summed E-state index contributed by atoms with van der Waals surface area (Å²) in [6, 6.07) is 16.3. The van der Waals surface area contributed by atoms with Crippen molar-refractivity contribution in [3.05, 3.63) is 59.7 Å². The second-order valence-electron chi connectivity index (χ2n) is 7.03. The van der Waals surface area contributed by atoms with Crippen LogP contribution in [0.5, 0.6) is 5.75 Å². The summed E-state index contributed by atoms with van der Waals surface area (Å²) in [5.74, 6) is 1.73. The van der Waals surface area contributed by atoms with Crippen LogP contribution in [-0.4, -0.2) is 44.7 Å². The number of piperazine rings is 1. The molecule has 3 N–H and O–H groups in total. The van der Waals surface area contributed by atoms with Gasteiger partial charge in [-0.2, -0.15) is 0 Å². The van der Waals surface area contributed by atoms with E-state index in [4.69, 9.17) is 9.73 Å². The second kappa shape index (κ2) is 11.1. The molecule has 2 aromatic rings. The van der Waals surface area contributed by atoms with Gasteiger partial charge in [-0.15, -0.1) is 0 Å². The summed E-state index contributed by atoms with van der Waals surface area (Å²) in [5, 5.41) is 9.52. The maximum absolute atomic E-state index is 11.6. The Labute approximate surface area is 178 Å². The monoisotopic (exact) mass is 409 g/mol. The van der Waals surface area contributed by atoms with Gasteiger partial charge in [0.05, 0.1) is 19.7 Å². The summed E-state index contributed by atoms with van der Waals surface area (Å²) in [7, 11) is 0. The number of amides is 1. The van der Waals surface area contributed by atoms with Crippen LogP contribution in [0.15, 0.2) is 53.5 Å². The molecule has 3 rings (SSSR count). The fraction of sp³-hybridized carbons (Fsp3) is 0.391. The van der Waals surface area contributed by atoms with Crippen molar-refractivity contribution >= 4 is 17.6 Å². The van der Waals surface area contributed by atoms with Gasteiger partial charge in [0, 0.05) is 37.4 Å². The maximum atomic E-state index is 11.6. The highest BCUT2D eigenvalue weighted by atomic mass is 16.5. The fourth-order valence-corrected chi connectivity index (χ4v) is 3.31. The van der Waals surface area contributed by atoms with E-state index in [9.17, 15) is 4.79 Å². The van der Waals surface area contributed by atoms with Crippen molar-refractivity contribution in [1.29, 1.82) is 0 Å². The van der Waals surface area contributed by atoms with Crippen LogP contribution in [0.4, 0.5) is 5.69 Å². The van der Waals surface area contributed by atoms with Crippen LogP contribution >= 0.6 is 0 Å². The summed E-state index contributed by atoms with van der Waals surface area (Å²) in [4.78, 5) is 18.4. The van der Waals surface area contributed by atoms with Crippen LogP contribution in [0.3, 0.4) is 0 Å². The molecule has 30 heavy (non-hydrogen) atoms. The van der Waals surface area contributed by atoms with Crippen LogP contribution in [-0.2, 0) is 17.9 Å². The molecular formula is C23H31N5O2. The molecule has 1 aliphatic rings. The van der Waals surface area contributed by atoms with Crippen LogP contribution in [0, 0.1) is 0 Å². The third kappa shape index (κ3) is 6.14. The minimum atomic E-state index is 0.0715. The molecule has 0 atom stereocenters.